The van der Waals surface area contributed by atoms with Crippen molar-refractivity contribution in [2.24, 2.45) is 5.73 Å². The smallest absolute Gasteiger partial charge is 0.333 e. The molecule has 0 spiro atoms. The molecule has 1 aliphatic rings. The molecule has 1 saturated heterocycles. The second-order valence-corrected chi connectivity index (χ2v) is 8.96. The Labute approximate surface area is 218 Å². The molecule has 3 N–H and O–H groups in total. The Morgan fingerprint density at radius 3 is 2.34 bits per heavy atom. The summed E-state index contributed by atoms with van der Waals surface area (Å²) in [5, 5.41) is 9.81. The van der Waals surface area contributed by atoms with Gasteiger partial charge in [-0.2, -0.15) is 0 Å². The lowest BCUT2D eigenvalue weighted by Crippen LogP contribution is -2.63. The molecule has 38 heavy (non-hydrogen) atoms. The van der Waals surface area contributed by atoms with E-state index in [9.17, 15) is 23.5 Å². The molecule has 8 nitrogen and oxygen atoms in total. The molecule has 1 aliphatic heterocycles. The van der Waals surface area contributed by atoms with Crippen LogP contribution in [0.2, 0.25) is 0 Å². The van der Waals surface area contributed by atoms with Gasteiger partial charge in [-0.25, -0.2) is 13.6 Å². The third kappa shape index (κ3) is 5.92. The molecule has 1 heterocycles. The van der Waals surface area contributed by atoms with E-state index in [-0.39, 0.29) is 18.8 Å². The largest absolute Gasteiger partial charge is 0.496 e. The van der Waals surface area contributed by atoms with Crippen LogP contribution in [0.3, 0.4) is 0 Å². The van der Waals surface area contributed by atoms with E-state index in [2.05, 4.69) is 0 Å². The van der Waals surface area contributed by atoms with Crippen molar-refractivity contribution in [1.82, 2.24) is 4.90 Å². The fourth-order valence-corrected chi connectivity index (χ4v) is 4.26. The van der Waals surface area contributed by atoms with Gasteiger partial charge in [0.2, 0.25) is 0 Å². The third-order valence-electron chi connectivity index (χ3n) is 6.35. The highest BCUT2D eigenvalue weighted by molar-refractivity contribution is 6.06. The first-order valence-electron chi connectivity index (χ1n) is 11.9. The maximum Gasteiger partial charge on any atom is 0.333 e. The highest BCUT2D eigenvalue weighted by Gasteiger charge is 2.45. The summed E-state index contributed by atoms with van der Waals surface area (Å²) in [5.41, 5.74) is 6.40. The van der Waals surface area contributed by atoms with Gasteiger partial charge < -0.3 is 30.0 Å². The van der Waals surface area contributed by atoms with Gasteiger partial charge in [0.15, 0.2) is 17.2 Å². The van der Waals surface area contributed by atoms with E-state index >= 15 is 0 Å². The lowest BCUT2D eigenvalue weighted by atomic mass is 9.89. The average Bonchev–Trinajstić information content (AvgIpc) is 2.93. The van der Waals surface area contributed by atoms with E-state index in [0.717, 1.165) is 17.7 Å². The van der Waals surface area contributed by atoms with Crippen molar-refractivity contribution in [3.05, 3.63) is 83.4 Å². The SMILES string of the molecule is COc1cc(F)c(F)cc1-c1ccc(OCc2cccc(CC(N)(C(=O)O)C(=O)N3CCOCC3)c2)cc1. The minimum Gasteiger partial charge on any atom is -0.496 e. The van der Waals surface area contributed by atoms with Gasteiger partial charge in [-0.1, -0.05) is 36.4 Å². The lowest BCUT2D eigenvalue weighted by molar-refractivity contribution is -0.155. The fraction of sp³-hybridized carbons (Fsp3) is 0.286. The number of carbonyl (C=O) groups is 2. The van der Waals surface area contributed by atoms with Gasteiger partial charge in [0.05, 0.1) is 20.3 Å². The number of halogens is 2. The van der Waals surface area contributed by atoms with Crippen molar-refractivity contribution < 1.29 is 37.7 Å². The molecule has 0 radical (unpaired) electrons. The molecule has 0 saturated carbocycles. The van der Waals surface area contributed by atoms with Crippen LogP contribution in [0.5, 0.6) is 11.5 Å². The fourth-order valence-electron chi connectivity index (χ4n) is 4.26. The molecule has 0 aliphatic carbocycles. The van der Waals surface area contributed by atoms with Crippen molar-refractivity contribution in [2.45, 2.75) is 18.6 Å². The quantitative estimate of drug-likeness (QED) is 0.411. The zero-order chi connectivity index (χ0) is 27.3. The first-order valence-corrected chi connectivity index (χ1v) is 11.9. The summed E-state index contributed by atoms with van der Waals surface area (Å²) in [6.45, 7) is 1.43. The number of aliphatic carboxylic acids is 1. The van der Waals surface area contributed by atoms with Crippen LogP contribution < -0.4 is 15.2 Å². The number of carbonyl (C=O) groups excluding carboxylic acids is 1. The maximum atomic E-state index is 13.8. The number of hydrogen-bond acceptors (Lipinski definition) is 6. The summed E-state index contributed by atoms with van der Waals surface area (Å²) < 4.78 is 43.6. The highest BCUT2D eigenvalue weighted by atomic mass is 19.2. The van der Waals surface area contributed by atoms with Crippen LogP contribution in [0.4, 0.5) is 8.78 Å². The standard InChI is InChI=1S/C28H28F2N2O6/c1-36-25-15-24(30)23(29)14-22(25)20-5-7-21(8-6-20)38-17-19-4-2-3-18(13-19)16-28(31,27(34)35)26(33)32-9-11-37-12-10-32/h2-8,13-15H,9-12,16-17,31H2,1H3,(H,34,35). The van der Waals surface area contributed by atoms with Crippen LogP contribution in [-0.2, 0) is 27.4 Å². The van der Waals surface area contributed by atoms with E-state index in [0.29, 0.717) is 48.7 Å². The molecule has 1 atom stereocenters. The van der Waals surface area contributed by atoms with Crippen LogP contribution in [-0.4, -0.2) is 60.8 Å². The Morgan fingerprint density at radius 1 is 1.03 bits per heavy atom. The van der Waals surface area contributed by atoms with Crippen molar-refractivity contribution in [3.8, 4) is 22.6 Å². The zero-order valence-corrected chi connectivity index (χ0v) is 20.8. The van der Waals surface area contributed by atoms with Crippen molar-refractivity contribution in [1.29, 1.82) is 0 Å². The van der Waals surface area contributed by atoms with Crippen LogP contribution in [0.25, 0.3) is 11.1 Å². The Kier molecular flexibility index (Phi) is 8.23. The summed E-state index contributed by atoms with van der Waals surface area (Å²) in [6.07, 6.45) is -0.183. The number of nitrogens with zero attached hydrogens (tertiary/aromatic N) is 1. The van der Waals surface area contributed by atoms with E-state index in [1.165, 1.54) is 12.0 Å². The lowest BCUT2D eigenvalue weighted by Gasteiger charge is -2.33. The van der Waals surface area contributed by atoms with E-state index in [1.807, 2.05) is 6.07 Å². The van der Waals surface area contributed by atoms with Crippen molar-refractivity contribution >= 4 is 11.9 Å². The highest BCUT2D eigenvalue weighted by Crippen LogP contribution is 2.33. The molecular formula is C28H28F2N2O6. The maximum absolute atomic E-state index is 13.8. The van der Waals surface area contributed by atoms with Crippen LogP contribution in [0, 0.1) is 11.6 Å². The van der Waals surface area contributed by atoms with Gasteiger partial charge in [-0.3, -0.25) is 4.79 Å². The monoisotopic (exact) mass is 526 g/mol. The molecule has 200 valence electrons. The Morgan fingerprint density at radius 2 is 1.68 bits per heavy atom. The van der Waals surface area contributed by atoms with E-state index < -0.39 is 29.0 Å². The summed E-state index contributed by atoms with van der Waals surface area (Å²) in [4.78, 5) is 26.4. The normalized spacial score (nSPS) is 15.0. The molecular weight excluding hydrogens is 498 g/mol. The van der Waals surface area contributed by atoms with Crippen LogP contribution >= 0.6 is 0 Å². The number of nitrogens with two attached hydrogens (primary N) is 1. The van der Waals surface area contributed by atoms with Crippen LogP contribution in [0.1, 0.15) is 11.1 Å². The average molecular weight is 527 g/mol. The van der Waals surface area contributed by atoms with E-state index in [4.69, 9.17) is 19.9 Å². The van der Waals surface area contributed by atoms with E-state index in [1.54, 1.807) is 42.5 Å². The predicted octanol–water partition coefficient (Wildman–Crippen LogP) is 3.40. The summed E-state index contributed by atoms with van der Waals surface area (Å²) in [7, 11) is 1.38. The van der Waals surface area contributed by atoms with Gasteiger partial charge >= 0.3 is 5.97 Å². The first kappa shape index (κ1) is 27.0. The Bertz CT molecular complexity index is 1310. The second kappa shape index (κ2) is 11.6. The minimum atomic E-state index is -2.10. The number of benzene rings is 3. The zero-order valence-electron chi connectivity index (χ0n) is 20.8. The number of carboxylic acids is 1. The van der Waals surface area contributed by atoms with Gasteiger partial charge in [-0.05, 0) is 34.9 Å². The number of ether oxygens (including phenoxy) is 3. The number of hydrogen-bond donors (Lipinski definition) is 2. The second-order valence-electron chi connectivity index (χ2n) is 8.96. The predicted molar refractivity (Wildman–Crippen MR) is 135 cm³/mol. The number of morpholine rings is 1. The molecule has 1 unspecified atom stereocenters. The number of methoxy groups -OCH3 is 1. The molecule has 4 rings (SSSR count). The molecule has 3 aromatic rings. The molecule has 1 amide bonds. The number of rotatable bonds is 9. The molecule has 0 aromatic heterocycles. The molecule has 3 aromatic carbocycles. The van der Waals surface area contributed by atoms with Crippen molar-refractivity contribution in [2.75, 3.05) is 33.4 Å². The molecule has 1 fully saturated rings. The summed E-state index contributed by atoms with van der Waals surface area (Å²) >= 11 is 0. The Balaban J connectivity index is 1.44. The summed E-state index contributed by atoms with van der Waals surface area (Å²) in [6, 6.07) is 15.9. The van der Waals surface area contributed by atoms with Crippen LogP contribution in [0.15, 0.2) is 60.7 Å². The topological polar surface area (TPSA) is 111 Å². The molecule has 10 heteroatoms. The van der Waals surface area contributed by atoms with Crippen molar-refractivity contribution in [3.63, 3.8) is 0 Å². The number of carboxylic acid groups (broad SMARTS) is 1. The minimum absolute atomic E-state index is 0.170. The van der Waals surface area contributed by atoms with Gasteiger partial charge in [0.25, 0.3) is 5.91 Å². The Hall–Kier alpha value is -4.02. The third-order valence-corrected chi connectivity index (χ3v) is 6.35. The van der Waals surface area contributed by atoms with Gasteiger partial charge in [-0.15, -0.1) is 0 Å². The number of amides is 1. The van der Waals surface area contributed by atoms with Gasteiger partial charge in [0.1, 0.15) is 18.1 Å². The first-order chi connectivity index (χ1) is 18.2. The molecule has 0 bridgehead atoms. The summed E-state index contributed by atoms with van der Waals surface area (Å²) in [5.74, 6) is -3.27. The van der Waals surface area contributed by atoms with Gasteiger partial charge in [0, 0.05) is 31.1 Å².